The highest BCUT2D eigenvalue weighted by molar-refractivity contribution is 6.09. The molecule has 1 aliphatic heterocycles. The Bertz CT molecular complexity index is 584. The Kier molecular flexibility index (Phi) is 8.19. The number of rotatable bonds is 9. The third-order valence-electron chi connectivity index (χ3n) is 4.11. The second-order valence-corrected chi connectivity index (χ2v) is 6.02. The summed E-state index contributed by atoms with van der Waals surface area (Å²) in [4.78, 5) is 14.2. The van der Waals surface area contributed by atoms with Crippen LogP contribution in [0.1, 0.15) is 34.1 Å². The van der Waals surface area contributed by atoms with E-state index in [1.807, 2.05) is 19.9 Å². The van der Waals surface area contributed by atoms with Gasteiger partial charge in [-0.1, -0.05) is 26.2 Å². The van der Waals surface area contributed by atoms with Crippen LogP contribution in [-0.2, 0) is 4.79 Å². The summed E-state index contributed by atoms with van der Waals surface area (Å²) in [5, 5.41) is 7.63. The Hall–Kier alpha value is -2.14. The number of nitrogens with one attached hydrogen (secondary N) is 2. The summed E-state index contributed by atoms with van der Waals surface area (Å²) in [6.45, 7) is 19.1. The molecule has 0 saturated carbocycles. The molecule has 0 fully saturated rings. The maximum absolute atomic E-state index is 11.9. The van der Waals surface area contributed by atoms with E-state index in [0.717, 1.165) is 48.6 Å². The van der Waals surface area contributed by atoms with E-state index in [1.165, 1.54) is 0 Å². The molecule has 1 amide bonds. The van der Waals surface area contributed by atoms with Crippen molar-refractivity contribution in [2.75, 3.05) is 26.2 Å². The number of hydrazone groups is 1. The lowest BCUT2D eigenvalue weighted by molar-refractivity contribution is -0.117. The number of carbonyl (C=O) groups is 1. The molecule has 1 heterocycles. The molecule has 0 aromatic carbocycles. The van der Waals surface area contributed by atoms with E-state index in [0.29, 0.717) is 12.1 Å². The lowest BCUT2D eigenvalue weighted by atomic mass is 9.99. The topological polar surface area (TPSA) is 56.7 Å². The smallest absolute Gasteiger partial charge is 0.267 e. The molecule has 0 unspecified atom stereocenters. The molecule has 0 atom stereocenters. The minimum Gasteiger partial charge on any atom is -0.387 e. The molecule has 132 valence electrons. The van der Waals surface area contributed by atoms with Gasteiger partial charge in [0.1, 0.15) is 0 Å². The molecule has 0 aliphatic carbocycles. The van der Waals surface area contributed by atoms with Crippen LogP contribution >= 0.6 is 0 Å². The number of amides is 1. The molecule has 0 aromatic rings. The molecule has 1 aliphatic rings. The molecule has 0 spiro atoms. The van der Waals surface area contributed by atoms with E-state index in [2.05, 4.69) is 40.8 Å². The molecular formula is C19H30N4O. The zero-order chi connectivity index (χ0) is 18.1. The Morgan fingerprint density at radius 2 is 2.04 bits per heavy atom. The van der Waals surface area contributed by atoms with Crippen LogP contribution in [0.4, 0.5) is 0 Å². The van der Waals surface area contributed by atoms with Gasteiger partial charge < -0.3 is 5.32 Å². The van der Waals surface area contributed by atoms with Gasteiger partial charge in [-0.25, -0.2) is 5.43 Å². The van der Waals surface area contributed by atoms with Crippen LogP contribution in [-0.4, -0.2) is 42.7 Å². The molecule has 1 rings (SSSR count). The van der Waals surface area contributed by atoms with Crippen molar-refractivity contribution in [2.45, 2.75) is 34.1 Å². The van der Waals surface area contributed by atoms with Gasteiger partial charge in [-0.2, -0.15) is 5.10 Å². The van der Waals surface area contributed by atoms with Crippen LogP contribution in [0.25, 0.3) is 0 Å². The van der Waals surface area contributed by atoms with Gasteiger partial charge in [0, 0.05) is 30.9 Å². The van der Waals surface area contributed by atoms with Gasteiger partial charge in [-0.15, -0.1) is 0 Å². The summed E-state index contributed by atoms with van der Waals surface area (Å²) in [7, 11) is 0. The van der Waals surface area contributed by atoms with Crippen LogP contribution in [0.2, 0.25) is 0 Å². The maximum atomic E-state index is 11.9. The summed E-state index contributed by atoms with van der Waals surface area (Å²) >= 11 is 0. The summed E-state index contributed by atoms with van der Waals surface area (Å²) in [5.74, 6) is -0.155. The van der Waals surface area contributed by atoms with Gasteiger partial charge in [0.2, 0.25) is 0 Å². The van der Waals surface area contributed by atoms with Crippen molar-refractivity contribution in [1.82, 2.24) is 15.6 Å². The van der Waals surface area contributed by atoms with Crippen molar-refractivity contribution >= 4 is 11.6 Å². The molecule has 0 aromatic heterocycles. The van der Waals surface area contributed by atoms with Gasteiger partial charge in [0.15, 0.2) is 0 Å². The fraction of sp³-hybridized carbons (Fsp3) is 0.474. The average Bonchev–Trinajstić information content (AvgIpc) is 2.63. The highest BCUT2D eigenvalue weighted by atomic mass is 16.2. The number of hydrogen-bond donors (Lipinski definition) is 2. The van der Waals surface area contributed by atoms with Gasteiger partial charge >= 0.3 is 0 Å². The Morgan fingerprint density at radius 3 is 2.67 bits per heavy atom. The zero-order valence-electron chi connectivity index (χ0n) is 15.4. The van der Waals surface area contributed by atoms with Gasteiger partial charge in [0.05, 0.1) is 5.71 Å². The quantitative estimate of drug-likeness (QED) is 0.639. The second kappa shape index (κ2) is 9.88. The minimum absolute atomic E-state index is 0.155. The van der Waals surface area contributed by atoms with Crippen LogP contribution in [0.15, 0.2) is 52.8 Å². The number of allylic oxidation sites excluding steroid dienone is 4. The van der Waals surface area contributed by atoms with Crippen molar-refractivity contribution in [3.05, 3.63) is 47.7 Å². The maximum Gasteiger partial charge on any atom is 0.267 e. The predicted octanol–water partition coefficient (Wildman–Crippen LogP) is 2.76. The fourth-order valence-electron chi connectivity index (χ4n) is 2.46. The third-order valence-corrected chi connectivity index (χ3v) is 4.11. The van der Waals surface area contributed by atoms with Crippen molar-refractivity contribution in [3.63, 3.8) is 0 Å². The third kappa shape index (κ3) is 5.81. The first-order valence-electron chi connectivity index (χ1n) is 8.40. The first-order valence-corrected chi connectivity index (χ1v) is 8.40. The summed E-state index contributed by atoms with van der Waals surface area (Å²) in [6.07, 6.45) is 4.78. The standard InChI is InChI=1S/C19H30N4O/c1-7-9-14(3)20-10-12-23(11-8-2)13-18-16(5)15(4)17(6)19(24)22-21-18/h7,9,20H,1,5,8,10-13H2,2-4,6H3,(H,22,24)/b14-9+. The second-order valence-electron chi connectivity index (χ2n) is 6.02. The van der Waals surface area contributed by atoms with E-state index < -0.39 is 0 Å². The van der Waals surface area contributed by atoms with E-state index >= 15 is 0 Å². The highest BCUT2D eigenvalue weighted by Gasteiger charge is 2.19. The van der Waals surface area contributed by atoms with Crippen molar-refractivity contribution in [2.24, 2.45) is 5.10 Å². The number of hydrogen-bond acceptors (Lipinski definition) is 4. The van der Waals surface area contributed by atoms with Crippen LogP contribution in [0, 0.1) is 0 Å². The summed E-state index contributed by atoms with van der Waals surface area (Å²) in [5.41, 5.74) is 6.95. The predicted molar refractivity (Wildman–Crippen MR) is 102 cm³/mol. The van der Waals surface area contributed by atoms with Crippen molar-refractivity contribution in [3.8, 4) is 0 Å². The number of carbonyl (C=O) groups excluding carboxylic acids is 1. The Labute approximate surface area is 145 Å². The van der Waals surface area contributed by atoms with Crippen LogP contribution < -0.4 is 10.7 Å². The fourth-order valence-corrected chi connectivity index (χ4v) is 2.46. The molecule has 5 heteroatoms. The lowest BCUT2D eigenvalue weighted by Gasteiger charge is -2.23. The summed E-state index contributed by atoms with van der Waals surface area (Å²) < 4.78 is 0. The van der Waals surface area contributed by atoms with Gasteiger partial charge in [-0.05, 0) is 51.0 Å². The molecule has 24 heavy (non-hydrogen) atoms. The van der Waals surface area contributed by atoms with E-state index in [1.54, 1.807) is 13.0 Å². The Balaban J connectivity index is 2.73. The Morgan fingerprint density at radius 1 is 1.33 bits per heavy atom. The molecule has 0 saturated heterocycles. The van der Waals surface area contributed by atoms with E-state index in [9.17, 15) is 4.79 Å². The molecule has 0 bridgehead atoms. The van der Waals surface area contributed by atoms with Gasteiger partial charge in [-0.3, -0.25) is 9.69 Å². The number of nitrogens with zero attached hydrogens (tertiary/aromatic N) is 2. The largest absolute Gasteiger partial charge is 0.387 e. The summed E-state index contributed by atoms with van der Waals surface area (Å²) in [6, 6.07) is 0. The highest BCUT2D eigenvalue weighted by Crippen LogP contribution is 2.17. The van der Waals surface area contributed by atoms with E-state index in [-0.39, 0.29) is 5.91 Å². The SMILES string of the molecule is C=C/C=C(\C)NCCN(CCC)CC1=NNC(=O)C(C)=C(C)C1=C. The minimum atomic E-state index is -0.155. The zero-order valence-corrected chi connectivity index (χ0v) is 15.4. The first-order chi connectivity index (χ1) is 11.4. The molecule has 0 radical (unpaired) electrons. The van der Waals surface area contributed by atoms with Crippen molar-refractivity contribution in [1.29, 1.82) is 0 Å². The first kappa shape index (κ1) is 19.9. The van der Waals surface area contributed by atoms with Gasteiger partial charge in [0.25, 0.3) is 5.91 Å². The van der Waals surface area contributed by atoms with Crippen molar-refractivity contribution < 1.29 is 4.79 Å². The molecule has 2 N–H and O–H groups in total. The molecular weight excluding hydrogens is 300 g/mol. The lowest BCUT2D eigenvalue weighted by Crippen LogP contribution is -2.37. The normalized spacial score (nSPS) is 16.0. The van der Waals surface area contributed by atoms with E-state index in [4.69, 9.17) is 0 Å². The monoisotopic (exact) mass is 330 g/mol. The molecule has 5 nitrogen and oxygen atoms in total. The average molecular weight is 330 g/mol. The van der Waals surface area contributed by atoms with Crippen LogP contribution in [0.5, 0.6) is 0 Å². The van der Waals surface area contributed by atoms with Crippen LogP contribution in [0.3, 0.4) is 0 Å².